The molecule has 0 atom stereocenters. The zero-order valence-corrected chi connectivity index (χ0v) is 14.7. The van der Waals surface area contributed by atoms with Gasteiger partial charge in [-0.2, -0.15) is 0 Å². The molecule has 1 aromatic rings. The number of nitrogens with one attached hydrogen (secondary N) is 1. The number of carbonyl (C=O) groups is 1. The minimum Gasteiger partial charge on any atom is -0.392 e. The van der Waals surface area contributed by atoms with Gasteiger partial charge in [-0.25, -0.2) is 0 Å². The number of hydrogen-bond acceptors (Lipinski definition) is 5. The van der Waals surface area contributed by atoms with Crippen LogP contribution in [0, 0.1) is 16.0 Å². The summed E-state index contributed by atoms with van der Waals surface area (Å²) in [5, 5.41) is 23.5. The number of carbonyl (C=O) groups excluding carboxylic acids is 1. The lowest BCUT2D eigenvalue weighted by Crippen LogP contribution is -2.41. The van der Waals surface area contributed by atoms with Gasteiger partial charge in [-0.1, -0.05) is 19.8 Å². The average molecular weight is 349 g/mol. The highest BCUT2D eigenvalue weighted by Crippen LogP contribution is 2.32. The number of nitro groups is 1. The van der Waals surface area contributed by atoms with E-state index in [-0.39, 0.29) is 24.1 Å². The number of nitro benzene ring substituents is 1. The minimum absolute atomic E-state index is 0.0297. The Labute approximate surface area is 148 Å². The number of benzene rings is 1. The Morgan fingerprint density at radius 1 is 1.36 bits per heavy atom. The third-order valence-electron chi connectivity index (χ3n) is 4.71. The molecule has 7 nitrogen and oxygen atoms in total. The Balaban J connectivity index is 1.95. The SMILES string of the molecule is CCCCCNC(=O)C1CCN(c2cc(CO)ccc2[N+](=O)[O-])CC1. The van der Waals surface area contributed by atoms with Crippen molar-refractivity contribution in [2.45, 2.75) is 45.6 Å². The Morgan fingerprint density at radius 2 is 2.08 bits per heavy atom. The van der Waals surface area contributed by atoms with E-state index in [0.717, 1.165) is 25.8 Å². The Morgan fingerprint density at radius 3 is 2.68 bits per heavy atom. The van der Waals surface area contributed by atoms with Crippen LogP contribution in [0.15, 0.2) is 18.2 Å². The molecule has 1 aliphatic heterocycles. The Bertz CT molecular complexity index is 598. The van der Waals surface area contributed by atoms with Crippen LogP contribution in [-0.2, 0) is 11.4 Å². The lowest BCUT2D eigenvalue weighted by atomic mass is 9.95. The lowest BCUT2D eigenvalue weighted by Gasteiger charge is -2.32. The molecule has 1 heterocycles. The third kappa shape index (κ3) is 5.16. The second-order valence-electron chi connectivity index (χ2n) is 6.50. The number of piperidine rings is 1. The Hall–Kier alpha value is -2.15. The van der Waals surface area contributed by atoms with Gasteiger partial charge in [0.25, 0.3) is 5.69 Å². The minimum atomic E-state index is -0.400. The summed E-state index contributed by atoms with van der Waals surface area (Å²) in [7, 11) is 0. The monoisotopic (exact) mass is 349 g/mol. The molecule has 0 aromatic heterocycles. The van der Waals surface area contributed by atoms with Crippen LogP contribution in [0.3, 0.4) is 0 Å². The van der Waals surface area contributed by atoms with Crippen molar-refractivity contribution in [2.24, 2.45) is 5.92 Å². The molecule has 0 bridgehead atoms. The second-order valence-corrected chi connectivity index (χ2v) is 6.50. The molecule has 1 fully saturated rings. The first-order valence-corrected chi connectivity index (χ1v) is 8.97. The van der Waals surface area contributed by atoms with Crippen molar-refractivity contribution in [3.8, 4) is 0 Å². The second kappa shape index (κ2) is 9.36. The summed E-state index contributed by atoms with van der Waals surface area (Å²) < 4.78 is 0. The van der Waals surface area contributed by atoms with Crippen molar-refractivity contribution < 1.29 is 14.8 Å². The molecule has 7 heteroatoms. The summed E-state index contributed by atoms with van der Waals surface area (Å²) in [6.45, 7) is 3.90. The van der Waals surface area contributed by atoms with Gasteiger partial charge in [0, 0.05) is 31.6 Å². The summed E-state index contributed by atoms with van der Waals surface area (Å²) in [6.07, 6.45) is 4.60. The molecule has 2 rings (SSSR count). The predicted molar refractivity (Wildman–Crippen MR) is 96.5 cm³/mol. The molecule has 138 valence electrons. The highest BCUT2D eigenvalue weighted by Gasteiger charge is 2.28. The summed E-state index contributed by atoms with van der Waals surface area (Å²) in [5.74, 6) is 0.0623. The van der Waals surface area contributed by atoms with Crippen molar-refractivity contribution in [3.05, 3.63) is 33.9 Å². The van der Waals surface area contributed by atoms with Gasteiger partial charge in [0.15, 0.2) is 0 Å². The molecule has 25 heavy (non-hydrogen) atoms. The average Bonchev–Trinajstić information content (AvgIpc) is 2.64. The van der Waals surface area contributed by atoms with Gasteiger partial charge in [0.05, 0.1) is 11.5 Å². The first-order chi connectivity index (χ1) is 12.1. The standard InChI is InChI=1S/C18H27N3O4/c1-2-3-4-9-19-18(23)15-7-10-20(11-8-15)17-12-14(13-22)5-6-16(17)21(24)25/h5-6,12,15,22H,2-4,7-11,13H2,1H3,(H,19,23). The van der Waals surface area contributed by atoms with Gasteiger partial charge in [-0.3, -0.25) is 14.9 Å². The van der Waals surface area contributed by atoms with E-state index in [2.05, 4.69) is 12.2 Å². The molecular weight excluding hydrogens is 322 g/mol. The van der Waals surface area contributed by atoms with Crippen molar-refractivity contribution >= 4 is 17.3 Å². The first-order valence-electron chi connectivity index (χ1n) is 8.97. The molecule has 0 spiro atoms. The Kier molecular flexibility index (Phi) is 7.18. The molecule has 1 aliphatic rings. The zero-order valence-electron chi connectivity index (χ0n) is 14.7. The van der Waals surface area contributed by atoms with E-state index in [1.54, 1.807) is 12.1 Å². The fourth-order valence-electron chi connectivity index (χ4n) is 3.19. The molecule has 1 aromatic carbocycles. The van der Waals surface area contributed by atoms with E-state index in [1.807, 2.05) is 4.90 Å². The summed E-state index contributed by atoms with van der Waals surface area (Å²) in [4.78, 5) is 25.0. The third-order valence-corrected chi connectivity index (χ3v) is 4.71. The highest BCUT2D eigenvalue weighted by molar-refractivity contribution is 5.79. The van der Waals surface area contributed by atoms with Crippen LogP contribution in [0.5, 0.6) is 0 Å². The summed E-state index contributed by atoms with van der Waals surface area (Å²) in [5.41, 5.74) is 1.22. The topological polar surface area (TPSA) is 95.7 Å². The van der Waals surface area contributed by atoms with Gasteiger partial charge in [-0.15, -0.1) is 0 Å². The van der Waals surface area contributed by atoms with Gasteiger partial charge in [0.2, 0.25) is 5.91 Å². The van der Waals surface area contributed by atoms with E-state index >= 15 is 0 Å². The van der Waals surface area contributed by atoms with E-state index in [1.165, 1.54) is 6.07 Å². The zero-order chi connectivity index (χ0) is 18.2. The smallest absolute Gasteiger partial charge is 0.292 e. The van der Waals surface area contributed by atoms with Crippen LogP contribution < -0.4 is 10.2 Å². The molecule has 0 unspecified atom stereocenters. The number of hydrogen-bond donors (Lipinski definition) is 2. The molecule has 1 amide bonds. The number of aliphatic hydroxyl groups is 1. The highest BCUT2D eigenvalue weighted by atomic mass is 16.6. The quantitative estimate of drug-likeness (QED) is 0.427. The lowest BCUT2D eigenvalue weighted by molar-refractivity contribution is -0.384. The first kappa shape index (κ1) is 19.2. The normalized spacial score (nSPS) is 15.2. The molecule has 0 radical (unpaired) electrons. The fourth-order valence-corrected chi connectivity index (χ4v) is 3.19. The van der Waals surface area contributed by atoms with Crippen molar-refractivity contribution in [1.82, 2.24) is 5.32 Å². The molecule has 2 N–H and O–H groups in total. The number of amides is 1. The summed E-state index contributed by atoms with van der Waals surface area (Å²) >= 11 is 0. The maximum absolute atomic E-state index is 12.2. The van der Waals surface area contributed by atoms with Crippen LogP contribution in [0.2, 0.25) is 0 Å². The fraction of sp³-hybridized carbons (Fsp3) is 0.611. The number of anilines is 1. The predicted octanol–water partition coefficient (Wildman–Crippen LogP) is 2.61. The summed E-state index contributed by atoms with van der Waals surface area (Å²) in [6, 6.07) is 4.68. The van der Waals surface area contributed by atoms with Crippen LogP contribution in [-0.4, -0.2) is 35.6 Å². The number of unbranched alkanes of at least 4 members (excludes halogenated alkanes) is 2. The van der Waals surface area contributed by atoms with Crippen LogP contribution >= 0.6 is 0 Å². The van der Waals surface area contributed by atoms with Crippen LogP contribution in [0.1, 0.15) is 44.6 Å². The molecule has 0 aliphatic carbocycles. The van der Waals surface area contributed by atoms with E-state index in [0.29, 0.717) is 37.2 Å². The van der Waals surface area contributed by atoms with Gasteiger partial charge >= 0.3 is 0 Å². The molecule has 0 saturated carbocycles. The largest absolute Gasteiger partial charge is 0.392 e. The molecule has 1 saturated heterocycles. The van der Waals surface area contributed by atoms with Crippen molar-refractivity contribution in [3.63, 3.8) is 0 Å². The number of rotatable bonds is 8. The van der Waals surface area contributed by atoms with Gasteiger partial charge in [0.1, 0.15) is 5.69 Å². The van der Waals surface area contributed by atoms with E-state index in [4.69, 9.17) is 0 Å². The van der Waals surface area contributed by atoms with E-state index < -0.39 is 4.92 Å². The number of aliphatic hydroxyl groups excluding tert-OH is 1. The van der Waals surface area contributed by atoms with Crippen LogP contribution in [0.25, 0.3) is 0 Å². The maximum atomic E-state index is 12.2. The maximum Gasteiger partial charge on any atom is 0.292 e. The van der Waals surface area contributed by atoms with Crippen LogP contribution in [0.4, 0.5) is 11.4 Å². The molecular formula is C18H27N3O4. The van der Waals surface area contributed by atoms with Gasteiger partial charge in [-0.05, 0) is 37.0 Å². The van der Waals surface area contributed by atoms with E-state index in [9.17, 15) is 20.0 Å². The van der Waals surface area contributed by atoms with Crippen molar-refractivity contribution in [1.29, 1.82) is 0 Å². The number of nitrogens with zero attached hydrogens (tertiary/aromatic N) is 2. The van der Waals surface area contributed by atoms with Crippen molar-refractivity contribution in [2.75, 3.05) is 24.5 Å². The van der Waals surface area contributed by atoms with Gasteiger partial charge < -0.3 is 15.3 Å².